The van der Waals surface area contributed by atoms with E-state index in [4.69, 9.17) is 5.26 Å². The highest BCUT2D eigenvalue weighted by molar-refractivity contribution is 9.10. The van der Waals surface area contributed by atoms with Gasteiger partial charge in [-0.05, 0) is 46.6 Å². The summed E-state index contributed by atoms with van der Waals surface area (Å²) in [6.07, 6.45) is 0. The van der Waals surface area contributed by atoms with Crippen LogP contribution in [0.25, 0.3) is 0 Å². The van der Waals surface area contributed by atoms with Gasteiger partial charge in [-0.15, -0.1) is 11.3 Å². The van der Waals surface area contributed by atoms with Crippen LogP contribution in [0.2, 0.25) is 0 Å². The molecule has 1 aromatic carbocycles. The number of hydrogen-bond acceptors (Lipinski definition) is 4. The zero-order valence-electron chi connectivity index (χ0n) is 11.5. The van der Waals surface area contributed by atoms with Crippen LogP contribution in [0.1, 0.15) is 16.0 Å². The van der Waals surface area contributed by atoms with Gasteiger partial charge < -0.3 is 0 Å². The molecule has 110 valence electrons. The van der Waals surface area contributed by atoms with Crippen LogP contribution in [-0.2, 0) is 16.6 Å². The van der Waals surface area contributed by atoms with Crippen LogP contribution in [0.15, 0.2) is 39.0 Å². The van der Waals surface area contributed by atoms with Gasteiger partial charge in [0, 0.05) is 28.3 Å². The van der Waals surface area contributed by atoms with Crippen LogP contribution < -0.4 is 0 Å². The first-order valence-corrected chi connectivity index (χ1v) is 9.16. The van der Waals surface area contributed by atoms with Gasteiger partial charge in [-0.3, -0.25) is 0 Å². The van der Waals surface area contributed by atoms with E-state index < -0.39 is 10.0 Å². The summed E-state index contributed by atoms with van der Waals surface area (Å²) in [6.45, 7) is 2.03. The molecule has 0 radical (unpaired) electrons. The molecule has 0 aliphatic rings. The summed E-state index contributed by atoms with van der Waals surface area (Å²) in [6, 6.07) is 8.56. The first-order chi connectivity index (χ1) is 9.84. The lowest BCUT2D eigenvalue weighted by molar-refractivity contribution is 0.469. The Balaban J connectivity index is 2.35. The second-order valence-corrected chi connectivity index (χ2v) is 8.51. The van der Waals surface area contributed by atoms with Crippen molar-refractivity contribution < 1.29 is 8.42 Å². The normalized spacial score (nSPS) is 11.6. The molecule has 0 atom stereocenters. The van der Waals surface area contributed by atoms with Gasteiger partial charge in [0.2, 0.25) is 10.0 Å². The number of aryl methyl sites for hydroxylation is 1. The predicted molar refractivity (Wildman–Crippen MR) is 86.6 cm³/mol. The molecule has 21 heavy (non-hydrogen) atoms. The van der Waals surface area contributed by atoms with Crippen molar-refractivity contribution in [2.24, 2.45) is 0 Å². The molecule has 1 aromatic heterocycles. The van der Waals surface area contributed by atoms with Crippen LogP contribution in [0.5, 0.6) is 0 Å². The Kier molecular flexibility index (Phi) is 4.84. The van der Waals surface area contributed by atoms with Gasteiger partial charge in [0.1, 0.15) is 0 Å². The summed E-state index contributed by atoms with van der Waals surface area (Å²) in [5, 5.41) is 10.8. The minimum absolute atomic E-state index is 0.180. The van der Waals surface area contributed by atoms with Gasteiger partial charge in [0.25, 0.3) is 0 Å². The highest BCUT2D eigenvalue weighted by Gasteiger charge is 2.23. The molecular formula is C14H13BrN2O2S2. The number of thiophene rings is 1. The molecule has 0 saturated heterocycles. The Morgan fingerprint density at radius 1 is 1.38 bits per heavy atom. The van der Waals surface area contributed by atoms with Crippen molar-refractivity contribution in [2.75, 3.05) is 7.05 Å². The van der Waals surface area contributed by atoms with Crippen molar-refractivity contribution in [1.29, 1.82) is 5.26 Å². The van der Waals surface area contributed by atoms with E-state index in [0.29, 0.717) is 17.7 Å². The summed E-state index contributed by atoms with van der Waals surface area (Å²) >= 11 is 4.85. The molecule has 0 bridgehead atoms. The molecule has 0 aliphatic heterocycles. The van der Waals surface area contributed by atoms with Gasteiger partial charge in [0.05, 0.1) is 16.5 Å². The van der Waals surface area contributed by atoms with Crippen LogP contribution in [-0.4, -0.2) is 19.8 Å². The molecule has 0 fully saturated rings. The van der Waals surface area contributed by atoms with Gasteiger partial charge in [-0.25, -0.2) is 8.42 Å². The third-order valence-electron chi connectivity index (χ3n) is 3.01. The fourth-order valence-corrected chi connectivity index (χ4v) is 4.84. The average molecular weight is 385 g/mol. The van der Waals surface area contributed by atoms with Crippen molar-refractivity contribution >= 4 is 37.3 Å². The highest BCUT2D eigenvalue weighted by atomic mass is 79.9. The Morgan fingerprint density at radius 3 is 2.67 bits per heavy atom. The van der Waals surface area contributed by atoms with Crippen LogP contribution >= 0.6 is 27.3 Å². The average Bonchev–Trinajstić information content (AvgIpc) is 2.84. The molecule has 1 heterocycles. The summed E-state index contributed by atoms with van der Waals surface area (Å²) < 4.78 is 27.5. The maximum Gasteiger partial charge on any atom is 0.243 e. The zero-order chi connectivity index (χ0) is 15.6. The summed E-state index contributed by atoms with van der Waals surface area (Å²) in [5.41, 5.74) is 0.972. The van der Waals surface area contributed by atoms with E-state index in [1.54, 1.807) is 26.1 Å². The van der Waals surface area contributed by atoms with Crippen molar-refractivity contribution in [2.45, 2.75) is 18.4 Å². The van der Waals surface area contributed by atoms with E-state index in [0.717, 1.165) is 9.35 Å². The van der Waals surface area contributed by atoms with Crippen molar-refractivity contribution in [3.63, 3.8) is 0 Å². The molecule has 0 N–H and O–H groups in total. The molecule has 0 unspecified atom stereocenters. The lowest BCUT2D eigenvalue weighted by Crippen LogP contribution is -2.26. The largest absolute Gasteiger partial charge is 0.243 e. The minimum Gasteiger partial charge on any atom is -0.207 e. The van der Waals surface area contributed by atoms with E-state index >= 15 is 0 Å². The zero-order valence-corrected chi connectivity index (χ0v) is 14.7. The number of halogens is 1. The molecule has 0 saturated carbocycles. The third-order valence-corrected chi connectivity index (χ3v) is 6.63. The number of hydrogen-bond donors (Lipinski definition) is 0. The second kappa shape index (κ2) is 6.28. The Morgan fingerprint density at radius 2 is 2.10 bits per heavy atom. The molecule has 2 aromatic rings. The van der Waals surface area contributed by atoms with E-state index in [1.165, 1.54) is 21.7 Å². The summed E-state index contributed by atoms with van der Waals surface area (Å²) in [5.74, 6) is 0. The fraction of sp³-hybridized carbons (Fsp3) is 0.214. The lowest BCUT2D eigenvalue weighted by Gasteiger charge is -2.18. The number of rotatable bonds is 4. The Hall–Kier alpha value is -1.20. The molecule has 0 amide bonds. The van der Waals surface area contributed by atoms with E-state index in [2.05, 4.69) is 15.9 Å². The van der Waals surface area contributed by atoms with Crippen molar-refractivity contribution in [3.05, 3.63) is 50.1 Å². The Bertz CT molecular complexity index is 807. The van der Waals surface area contributed by atoms with E-state index in [9.17, 15) is 8.42 Å². The first-order valence-electron chi connectivity index (χ1n) is 6.04. The highest BCUT2D eigenvalue weighted by Crippen LogP contribution is 2.25. The van der Waals surface area contributed by atoms with E-state index in [1.807, 2.05) is 17.5 Å². The summed E-state index contributed by atoms with van der Waals surface area (Å²) in [7, 11) is -2.07. The number of benzene rings is 1. The lowest BCUT2D eigenvalue weighted by atomic mass is 10.2. The predicted octanol–water partition coefficient (Wildman–Crippen LogP) is 3.51. The smallest absolute Gasteiger partial charge is 0.207 e. The molecule has 0 spiro atoms. The molecule has 4 nitrogen and oxygen atoms in total. The van der Waals surface area contributed by atoms with Gasteiger partial charge in [0.15, 0.2) is 0 Å². The van der Waals surface area contributed by atoms with Crippen LogP contribution in [0.4, 0.5) is 0 Å². The summed E-state index contributed by atoms with van der Waals surface area (Å²) in [4.78, 5) is 1.13. The molecule has 2 rings (SSSR count). The molecule has 0 aliphatic carbocycles. The number of nitriles is 1. The number of nitrogens with zero attached hydrogens (tertiary/aromatic N) is 2. The third kappa shape index (κ3) is 3.52. The van der Waals surface area contributed by atoms with E-state index in [-0.39, 0.29) is 4.90 Å². The first kappa shape index (κ1) is 16.2. The molecular weight excluding hydrogens is 372 g/mol. The fourth-order valence-electron chi connectivity index (χ4n) is 1.86. The minimum atomic E-state index is -3.62. The topological polar surface area (TPSA) is 61.2 Å². The van der Waals surface area contributed by atoms with Crippen LogP contribution in [0, 0.1) is 18.3 Å². The molecule has 7 heteroatoms. The number of sulfonamides is 1. The quantitative estimate of drug-likeness (QED) is 0.809. The van der Waals surface area contributed by atoms with Crippen molar-refractivity contribution in [3.8, 4) is 6.07 Å². The van der Waals surface area contributed by atoms with Gasteiger partial charge in [-0.1, -0.05) is 6.07 Å². The second-order valence-electron chi connectivity index (χ2n) is 4.58. The van der Waals surface area contributed by atoms with Gasteiger partial charge in [-0.2, -0.15) is 9.57 Å². The monoisotopic (exact) mass is 384 g/mol. The van der Waals surface area contributed by atoms with Gasteiger partial charge >= 0.3 is 0 Å². The standard InChI is InChI=1S/C14H13BrN2O2S2/c1-10-3-4-11(7-16)5-14(10)21(18,19)17(2)8-13-6-12(15)9-20-13/h3-6,9H,8H2,1-2H3. The SMILES string of the molecule is Cc1ccc(C#N)cc1S(=O)(=O)N(C)Cc1cc(Br)cs1. The Labute approximate surface area is 136 Å². The maximum absolute atomic E-state index is 12.6. The van der Waals surface area contributed by atoms with Crippen molar-refractivity contribution in [1.82, 2.24) is 4.31 Å². The maximum atomic E-state index is 12.6. The van der Waals surface area contributed by atoms with Crippen LogP contribution in [0.3, 0.4) is 0 Å².